The van der Waals surface area contributed by atoms with Gasteiger partial charge in [-0.1, -0.05) is 18.9 Å². The molecule has 0 bridgehead atoms. The molecule has 2 N–H and O–H groups in total. The molecule has 2 aliphatic rings. The van der Waals surface area contributed by atoms with Crippen molar-refractivity contribution >= 4 is 27.3 Å². The highest BCUT2D eigenvalue weighted by atomic mass is 32.2. The molecule has 2 unspecified atom stereocenters. The van der Waals surface area contributed by atoms with E-state index in [0.717, 1.165) is 30.9 Å². The fourth-order valence-corrected chi connectivity index (χ4v) is 5.83. The van der Waals surface area contributed by atoms with Crippen LogP contribution in [0.1, 0.15) is 25.7 Å². The Balaban J connectivity index is 1.45. The van der Waals surface area contributed by atoms with Gasteiger partial charge in [-0.2, -0.15) is 0 Å². The van der Waals surface area contributed by atoms with E-state index in [1.54, 1.807) is 24.6 Å². The molecule has 8 heteroatoms. The van der Waals surface area contributed by atoms with Gasteiger partial charge in [0.25, 0.3) is 0 Å². The average Bonchev–Trinajstić information content (AvgIpc) is 3.24. The Hall–Kier alpha value is -1.12. The van der Waals surface area contributed by atoms with Crippen LogP contribution in [0, 0.1) is 11.8 Å². The Kier molecular flexibility index (Phi) is 5.78. The van der Waals surface area contributed by atoms with Crippen molar-refractivity contribution in [2.24, 2.45) is 16.8 Å². The third-order valence-corrected chi connectivity index (χ3v) is 7.81. The molecule has 0 spiro atoms. The third kappa shape index (κ3) is 4.10. The summed E-state index contributed by atoms with van der Waals surface area (Å²) in [4.78, 5) is 6.70. The molecule has 1 aromatic rings. The van der Waals surface area contributed by atoms with Gasteiger partial charge >= 0.3 is 0 Å². The van der Waals surface area contributed by atoms with Gasteiger partial charge in [0.1, 0.15) is 4.21 Å². The number of hydrogen-bond donors (Lipinski definition) is 2. The van der Waals surface area contributed by atoms with Gasteiger partial charge in [-0.15, -0.1) is 11.3 Å². The number of likely N-dealkylation sites (tertiary alicyclic amines) is 1. The SMILES string of the molecule is CN=C(NCCNS(=O)(=O)c1cccs1)N1CC2CCCCC2C1. The standard InChI is InChI=1S/C16H26N4O2S2/c1-17-16(20-11-13-5-2-3-6-14(13)12-20)18-8-9-19-24(21,22)15-7-4-10-23-15/h4,7,10,13-14,19H,2-3,5-6,8-9,11-12H2,1H3,(H,17,18). The molecular weight excluding hydrogens is 344 g/mol. The Bertz CT molecular complexity index is 644. The number of sulfonamides is 1. The van der Waals surface area contributed by atoms with Crippen molar-refractivity contribution in [2.45, 2.75) is 29.9 Å². The van der Waals surface area contributed by atoms with Gasteiger partial charge in [-0.3, -0.25) is 4.99 Å². The fraction of sp³-hybridized carbons (Fsp3) is 0.688. The third-order valence-electron chi connectivity index (χ3n) is 4.95. The number of aliphatic imine (C=N–C) groups is 1. The summed E-state index contributed by atoms with van der Waals surface area (Å²) in [7, 11) is -1.59. The number of fused-ring (bicyclic) bond motifs is 1. The molecule has 24 heavy (non-hydrogen) atoms. The second kappa shape index (κ2) is 7.84. The first kappa shape index (κ1) is 17.7. The van der Waals surface area contributed by atoms with Crippen LogP contribution in [0.3, 0.4) is 0 Å². The lowest BCUT2D eigenvalue weighted by atomic mass is 9.82. The predicted octanol–water partition coefficient (Wildman–Crippen LogP) is 1.72. The van der Waals surface area contributed by atoms with E-state index < -0.39 is 10.0 Å². The Morgan fingerprint density at radius 2 is 2.00 bits per heavy atom. The first-order valence-corrected chi connectivity index (χ1v) is 10.9. The fourth-order valence-electron chi connectivity index (χ4n) is 3.76. The van der Waals surface area contributed by atoms with Gasteiger partial charge < -0.3 is 10.2 Å². The zero-order valence-corrected chi connectivity index (χ0v) is 15.7. The summed E-state index contributed by atoms with van der Waals surface area (Å²) >= 11 is 1.23. The predicted molar refractivity (Wildman–Crippen MR) is 97.9 cm³/mol. The van der Waals surface area contributed by atoms with Gasteiger partial charge in [0.05, 0.1) is 0 Å². The van der Waals surface area contributed by atoms with E-state index in [1.165, 1.54) is 37.0 Å². The molecule has 2 heterocycles. The zero-order valence-electron chi connectivity index (χ0n) is 14.1. The van der Waals surface area contributed by atoms with Gasteiger partial charge in [-0.05, 0) is 36.1 Å². The first-order valence-electron chi connectivity index (χ1n) is 8.59. The lowest BCUT2D eigenvalue weighted by molar-refractivity contribution is 0.299. The van der Waals surface area contributed by atoms with Crippen LogP contribution in [0.2, 0.25) is 0 Å². The highest BCUT2D eigenvalue weighted by molar-refractivity contribution is 7.91. The minimum atomic E-state index is -3.38. The molecule has 0 aromatic carbocycles. The molecule has 1 saturated heterocycles. The Morgan fingerprint density at radius 3 is 2.58 bits per heavy atom. The van der Waals surface area contributed by atoms with Gasteiger partial charge in [0, 0.05) is 33.2 Å². The highest BCUT2D eigenvalue weighted by Crippen LogP contribution is 2.35. The van der Waals surface area contributed by atoms with Crippen LogP contribution in [-0.4, -0.2) is 52.5 Å². The second-order valence-corrected chi connectivity index (χ2v) is 9.45. The van der Waals surface area contributed by atoms with Gasteiger partial charge in [-0.25, -0.2) is 13.1 Å². The number of nitrogens with one attached hydrogen (secondary N) is 2. The van der Waals surface area contributed by atoms with E-state index in [4.69, 9.17) is 0 Å². The van der Waals surface area contributed by atoms with Crippen molar-refractivity contribution in [2.75, 3.05) is 33.2 Å². The molecular formula is C16H26N4O2S2. The molecule has 0 amide bonds. The molecule has 6 nitrogen and oxygen atoms in total. The Morgan fingerprint density at radius 1 is 1.29 bits per heavy atom. The molecule has 1 aliphatic carbocycles. The summed E-state index contributed by atoms with van der Waals surface area (Å²) in [6, 6.07) is 3.36. The molecule has 2 fully saturated rings. The van der Waals surface area contributed by atoms with Gasteiger partial charge in [0.2, 0.25) is 10.0 Å². The number of guanidine groups is 1. The van der Waals surface area contributed by atoms with Crippen LogP contribution >= 0.6 is 11.3 Å². The normalized spacial score (nSPS) is 24.9. The van der Waals surface area contributed by atoms with Crippen LogP contribution in [0.4, 0.5) is 0 Å². The molecule has 1 saturated carbocycles. The number of nitrogens with zero attached hydrogens (tertiary/aromatic N) is 2. The summed E-state index contributed by atoms with van der Waals surface area (Å²) in [5, 5.41) is 5.06. The smallest absolute Gasteiger partial charge is 0.250 e. The van der Waals surface area contributed by atoms with Gasteiger partial charge in [0.15, 0.2) is 5.96 Å². The van der Waals surface area contributed by atoms with Crippen molar-refractivity contribution in [1.82, 2.24) is 14.9 Å². The maximum atomic E-state index is 12.1. The zero-order chi connectivity index (χ0) is 17.0. The number of rotatable bonds is 5. The summed E-state index contributed by atoms with van der Waals surface area (Å²) < 4.78 is 27.1. The quantitative estimate of drug-likeness (QED) is 0.470. The van der Waals surface area contributed by atoms with E-state index in [2.05, 4.69) is 19.9 Å². The molecule has 0 radical (unpaired) electrons. The van der Waals surface area contributed by atoms with Crippen LogP contribution < -0.4 is 10.0 Å². The van der Waals surface area contributed by atoms with E-state index in [-0.39, 0.29) is 0 Å². The first-order chi connectivity index (χ1) is 11.6. The lowest BCUT2D eigenvalue weighted by Crippen LogP contribution is -2.43. The monoisotopic (exact) mass is 370 g/mol. The largest absolute Gasteiger partial charge is 0.355 e. The minimum Gasteiger partial charge on any atom is -0.355 e. The molecule has 2 atom stereocenters. The molecule has 1 aliphatic heterocycles. The Labute approximate surface area is 148 Å². The lowest BCUT2D eigenvalue weighted by Gasteiger charge is -2.22. The van der Waals surface area contributed by atoms with Crippen molar-refractivity contribution in [3.63, 3.8) is 0 Å². The topological polar surface area (TPSA) is 73.8 Å². The van der Waals surface area contributed by atoms with Crippen LogP contribution in [0.25, 0.3) is 0 Å². The van der Waals surface area contributed by atoms with Crippen molar-refractivity contribution in [3.05, 3.63) is 17.5 Å². The molecule has 134 valence electrons. The van der Waals surface area contributed by atoms with Crippen molar-refractivity contribution in [1.29, 1.82) is 0 Å². The van der Waals surface area contributed by atoms with Crippen LogP contribution in [0.5, 0.6) is 0 Å². The maximum absolute atomic E-state index is 12.1. The van der Waals surface area contributed by atoms with E-state index in [1.807, 2.05) is 0 Å². The maximum Gasteiger partial charge on any atom is 0.250 e. The summed E-state index contributed by atoms with van der Waals surface area (Å²) in [5.41, 5.74) is 0. The van der Waals surface area contributed by atoms with Crippen molar-refractivity contribution < 1.29 is 8.42 Å². The van der Waals surface area contributed by atoms with Crippen molar-refractivity contribution in [3.8, 4) is 0 Å². The van der Waals surface area contributed by atoms with E-state index >= 15 is 0 Å². The van der Waals surface area contributed by atoms with Crippen LogP contribution in [-0.2, 0) is 10.0 Å². The van der Waals surface area contributed by atoms with E-state index in [9.17, 15) is 8.42 Å². The molecule has 3 rings (SSSR count). The average molecular weight is 371 g/mol. The molecule has 1 aromatic heterocycles. The highest BCUT2D eigenvalue weighted by Gasteiger charge is 2.35. The number of hydrogen-bond acceptors (Lipinski definition) is 4. The second-order valence-electron chi connectivity index (χ2n) is 6.51. The summed E-state index contributed by atoms with van der Waals surface area (Å²) in [5.74, 6) is 2.49. The minimum absolute atomic E-state index is 0.347. The number of thiophene rings is 1. The summed E-state index contributed by atoms with van der Waals surface area (Å²) in [6.07, 6.45) is 5.37. The van der Waals surface area contributed by atoms with E-state index in [0.29, 0.717) is 17.3 Å². The summed E-state index contributed by atoms with van der Waals surface area (Å²) in [6.45, 7) is 3.03. The van der Waals surface area contributed by atoms with Crippen LogP contribution in [0.15, 0.2) is 26.7 Å².